The molecule has 15 nitrogen and oxygen atoms in total. The molecule has 0 spiro atoms. The van der Waals surface area contributed by atoms with Gasteiger partial charge in [0.05, 0.1) is 25.2 Å². The number of hydrogen-bond acceptors (Lipinski definition) is 12. The number of aromatic amines is 1. The third kappa shape index (κ3) is 8.60. The minimum atomic E-state index is -4.54. The maximum absolute atomic E-state index is 14.1. The highest BCUT2D eigenvalue weighted by atomic mass is 31.2. The average molecular weight is 614 g/mol. The first-order valence-corrected chi connectivity index (χ1v) is 14.8. The highest BCUT2D eigenvalue weighted by molar-refractivity contribution is 7.52. The van der Waals surface area contributed by atoms with Crippen LogP contribution in [0.1, 0.15) is 47.3 Å². The van der Waals surface area contributed by atoms with Crippen molar-refractivity contribution in [1.29, 1.82) is 0 Å². The van der Waals surface area contributed by atoms with Gasteiger partial charge in [-0.05, 0) is 46.8 Å². The van der Waals surface area contributed by atoms with E-state index < -0.39 is 80.7 Å². The van der Waals surface area contributed by atoms with Gasteiger partial charge in [-0.2, -0.15) is 19.4 Å². The van der Waals surface area contributed by atoms with E-state index in [4.69, 9.17) is 29.0 Å². The van der Waals surface area contributed by atoms with Crippen LogP contribution >= 0.6 is 7.75 Å². The number of para-hydroxylation sites is 1. The maximum atomic E-state index is 14.1. The number of hydrogen-bond donors (Lipinski definition) is 5. The lowest BCUT2D eigenvalue weighted by Crippen LogP contribution is -2.61. The van der Waals surface area contributed by atoms with Crippen LogP contribution < -0.4 is 25.6 Å². The fraction of sp³-hybridized carbons (Fsp3) is 0.538. The van der Waals surface area contributed by atoms with Crippen LogP contribution in [0.5, 0.6) is 5.75 Å². The van der Waals surface area contributed by atoms with Crippen molar-refractivity contribution in [2.45, 2.75) is 83.3 Å². The summed E-state index contributed by atoms with van der Waals surface area (Å²) in [6, 6.07) is 7.73. The number of nitrogens with zero attached hydrogens (tertiary/aromatic N) is 1. The van der Waals surface area contributed by atoms with Crippen molar-refractivity contribution >= 4 is 25.5 Å². The van der Waals surface area contributed by atoms with Crippen LogP contribution in [0.4, 0.5) is 5.82 Å². The van der Waals surface area contributed by atoms with E-state index in [9.17, 15) is 29.2 Å². The number of aromatic nitrogens is 2. The van der Waals surface area contributed by atoms with E-state index in [-0.39, 0.29) is 11.6 Å². The van der Waals surface area contributed by atoms with Crippen molar-refractivity contribution in [1.82, 2.24) is 10.1 Å². The third-order valence-corrected chi connectivity index (χ3v) is 7.54. The van der Waals surface area contributed by atoms with Gasteiger partial charge in [0.1, 0.15) is 30.2 Å². The zero-order valence-corrected chi connectivity index (χ0v) is 24.9. The van der Waals surface area contributed by atoms with Crippen molar-refractivity contribution in [3.05, 3.63) is 53.1 Å². The molecular formula is C26H38N4O11P+. The van der Waals surface area contributed by atoms with Gasteiger partial charge >= 0.3 is 25.4 Å². The second-order valence-corrected chi connectivity index (χ2v) is 12.1. The average Bonchev–Trinajstić information content (AvgIpc) is 3.10. The Labute approximate surface area is 242 Å². The highest BCUT2D eigenvalue weighted by Gasteiger charge is 2.56. The van der Waals surface area contributed by atoms with E-state index >= 15 is 0 Å². The van der Waals surface area contributed by atoms with E-state index in [1.54, 1.807) is 45.9 Å². The number of nitrogens with two attached hydrogens (primary N) is 1. The molecule has 2 aromatic rings. The van der Waals surface area contributed by atoms with E-state index in [0.717, 1.165) is 4.57 Å². The van der Waals surface area contributed by atoms with Crippen LogP contribution in [0.2, 0.25) is 0 Å². The molecule has 42 heavy (non-hydrogen) atoms. The number of ether oxygens (including phenoxy) is 3. The van der Waals surface area contributed by atoms with Crippen LogP contribution in [-0.4, -0.2) is 69.8 Å². The van der Waals surface area contributed by atoms with Crippen LogP contribution in [0.25, 0.3) is 0 Å². The number of nitrogen functional groups attached to an aromatic ring is 1. The molecule has 1 fully saturated rings. The quantitative estimate of drug-likeness (QED) is 0.120. The maximum Gasteiger partial charge on any atom is 0.499 e. The molecule has 1 aromatic heterocycles. The van der Waals surface area contributed by atoms with Gasteiger partial charge in [-0.1, -0.05) is 18.2 Å². The van der Waals surface area contributed by atoms with Crippen molar-refractivity contribution in [3.8, 4) is 5.75 Å². The van der Waals surface area contributed by atoms with Crippen molar-refractivity contribution in [2.75, 3.05) is 12.3 Å². The first-order chi connectivity index (χ1) is 19.6. The van der Waals surface area contributed by atoms with Gasteiger partial charge in [-0.25, -0.2) is 4.57 Å². The highest BCUT2D eigenvalue weighted by Crippen LogP contribution is 2.46. The molecule has 232 valence electrons. The number of carbonyl (C=O) groups is 2. The van der Waals surface area contributed by atoms with Crippen molar-refractivity contribution in [3.63, 3.8) is 0 Å². The van der Waals surface area contributed by atoms with Crippen LogP contribution in [0.15, 0.2) is 47.4 Å². The second-order valence-electron chi connectivity index (χ2n) is 10.4. The number of nitrogens with one attached hydrogen (secondary N) is 2. The summed E-state index contributed by atoms with van der Waals surface area (Å²) in [5.41, 5.74) is 2.88. The Kier molecular flexibility index (Phi) is 10.9. The lowest BCUT2D eigenvalue weighted by atomic mass is 9.96. The topological polar surface area (TPSA) is 213 Å². The van der Waals surface area contributed by atoms with Gasteiger partial charge in [0.25, 0.3) is 0 Å². The van der Waals surface area contributed by atoms with Crippen LogP contribution in [0, 0.1) is 0 Å². The number of esters is 2. The molecular weight excluding hydrogens is 575 g/mol. The Balaban J connectivity index is 1.87. The van der Waals surface area contributed by atoms with Crippen LogP contribution in [0.3, 0.4) is 0 Å². The van der Waals surface area contributed by atoms with E-state index in [2.05, 4.69) is 10.1 Å². The third-order valence-electron chi connectivity index (χ3n) is 5.97. The lowest BCUT2D eigenvalue weighted by molar-refractivity contribution is -0.786. The summed E-state index contributed by atoms with van der Waals surface area (Å²) in [7, 11) is -4.54. The summed E-state index contributed by atoms with van der Waals surface area (Å²) in [6.07, 6.45) is -4.66. The zero-order chi connectivity index (χ0) is 31.2. The Morgan fingerprint density at radius 2 is 1.81 bits per heavy atom. The largest absolute Gasteiger partial charge is 0.499 e. The van der Waals surface area contributed by atoms with Gasteiger partial charge < -0.3 is 34.7 Å². The standard InChI is InChI=1S/C26H37N4O11P/c1-15(2)38-21(31)13-18(23(33)39-16(3)4)29-42(36,41-17-9-7-6-8-10-17)37-14-19-22(32)26(5,35)24(40-19)30-12-11-20(27)28-25(30)34/h6-12,15-16,18-19,22,24,32,35H,13-14H2,1-5H3,(H3,27,28,29,34,36)/p+1/t18-,19+,22+,24+,26+,42+/m0/s1. The molecule has 1 saturated heterocycles. The van der Waals surface area contributed by atoms with Gasteiger partial charge in [-0.3, -0.25) is 14.1 Å². The first kappa shape index (κ1) is 33.2. The van der Waals surface area contributed by atoms with E-state index in [1.165, 1.54) is 31.3 Å². The summed E-state index contributed by atoms with van der Waals surface area (Å²) in [5.74, 6) is -1.52. The summed E-state index contributed by atoms with van der Waals surface area (Å²) >= 11 is 0. The number of aliphatic hydroxyl groups is 2. The van der Waals surface area contributed by atoms with E-state index in [0.29, 0.717) is 0 Å². The van der Waals surface area contributed by atoms with Crippen molar-refractivity contribution < 1.29 is 52.2 Å². The monoisotopic (exact) mass is 613 g/mol. The van der Waals surface area contributed by atoms with Gasteiger partial charge in [0, 0.05) is 6.07 Å². The number of rotatable bonds is 13. The molecule has 6 atom stereocenters. The molecule has 6 N–H and O–H groups in total. The normalized spacial score (nSPS) is 24.3. The fourth-order valence-corrected chi connectivity index (χ4v) is 5.57. The molecule has 0 amide bonds. The van der Waals surface area contributed by atoms with Gasteiger partial charge in [0.2, 0.25) is 6.23 Å². The number of benzene rings is 1. The smallest absolute Gasteiger partial charge is 0.463 e. The molecule has 0 aliphatic carbocycles. The Morgan fingerprint density at radius 3 is 2.40 bits per heavy atom. The van der Waals surface area contributed by atoms with Crippen molar-refractivity contribution in [2.24, 2.45) is 0 Å². The Morgan fingerprint density at radius 1 is 1.17 bits per heavy atom. The SMILES string of the molecule is CC(C)OC(=O)C[C@H](N[P@@](=O)(OC[C@H]1O[C@@H]([n+]2ccc(N)[nH]c2=O)[C@](C)(O)[C@@H]1O)Oc1ccccc1)C(=O)OC(C)C. The Bertz CT molecular complexity index is 1340. The summed E-state index contributed by atoms with van der Waals surface area (Å²) in [5, 5.41) is 24.3. The summed E-state index contributed by atoms with van der Waals surface area (Å²) < 4.78 is 42.4. The zero-order valence-electron chi connectivity index (χ0n) is 24.0. The number of H-pyrrole nitrogens is 1. The second kappa shape index (κ2) is 13.8. The first-order valence-electron chi connectivity index (χ1n) is 13.2. The van der Waals surface area contributed by atoms with Crippen LogP contribution in [-0.2, 0) is 32.9 Å². The predicted molar refractivity (Wildman–Crippen MR) is 147 cm³/mol. The lowest BCUT2D eigenvalue weighted by Gasteiger charge is -2.26. The molecule has 0 unspecified atom stereocenters. The number of carbonyl (C=O) groups excluding carboxylic acids is 2. The molecule has 1 aliphatic rings. The molecule has 0 saturated carbocycles. The predicted octanol–water partition coefficient (Wildman–Crippen LogP) is 0.709. The fourth-order valence-electron chi connectivity index (χ4n) is 4.07. The number of anilines is 1. The van der Waals surface area contributed by atoms with Gasteiger partial charge in [-0.15, -0.1) is 0 Å². The minimum absolute atomic E-state index is 0.0715. The van der Waals surface area contributed by atoms with E-state index in [1.807, 2.05) is 0 Å². The molecule has 3 rings (SSSR count). The number of aliphatic hydroxyl groups excluding tert-OH is 1. The molecule has 1 aromatic carbocycles. The van der Waals surface area contributed by atoms with Gasteiger partial charge in [0.15, 0.2) is 11.4 Å². The molecule has 2 heterocycles. The molecule has 0 bridgehead atoms. The Hall–Kier alpha value is -3.33. The minimum Gasteiger partial charge on any atom is -0.463 e. The summed E-state index contributed by atoms with van der Waals surface area (Å²) in [4.78, 5) is 40.1. The summed E-state index contributed by atoms with van der Waals surface area (Å²) in [6.45, 7) is 7.07. The molecule has 16 heteroatoms. The molecule has 1 aliphatic heterocycles. The molecule has 0 radical (unpaired) electrons.